The van der Waals surface area contributed by atoms with Crippen molar-refractivity contribution in [1.29, 1.82) is 0 Å². The second-order valence-corrected chi connectivity index (χ2v) is 1.03. The maximum Gasteiger partial charge on any atom is 0.186 e. The van der Waals surface area contributed by atoms with Gasteiger partial charge in [0.1, 0.15) is 0 Å². The normalized spacial score (nSPS) is 3.60. The average Bonchev–Trinajstić information content (AvgIpc) is 1.97. The number of carbonyl (C=O) groups excluding carboxylic acids is 1. The molecule has 0 unspecified atom stereocenters. The predicted octanol–water partition coefficient (Wildman–Crippen LogP) is 1.09. The van der Waals surface area contributed by atoms with E-state index in [2.05, 4.69) is 41.0 Å². The molecule has 10 heavy (non-hydrogen) atoms. The van der Waals surface area contributed by atoms with E-state index < -0.39 is 0 Å². The summed E-state index contributed by atoms with van der Waals surface area (Å²) in [5.41, 5.74) is 15.9. The molecule has 0 atom stereocenters. The van der Waals surface area contributed by atoms with E-state index in [0.29, 0.717) is 0 Å². The molecule has 1 heteroatoms. The lowest BCUT2D eigenvalue weighted by Gasteiger charge is -1.36. The largest absolute Gasteiger partial charge is 0.223 e. The van der Waals surface area contributed by atoms with Crippen molar-refractivity contribution >= 4 is 5.94 Å². The topological polar surface area (TPSA) is 17.1 Å². The van der Waals surface area contributed by atoms with Crippen molar-refractivity contribution in [3.05, 3.63) is 46.7 Å². The Morgan fingerprint density at radius 3 is 1.80 bits per heavy atom. The van der Waals surface area contributed by atoms with Gasteiger partial charge in [0.15, 0.2) is 5.94 Å². The van der Waals surface area contributed by atoms with Crippen LogP contribution in [0.3, 0.4) is 0 Å². The summed E-state index contributed by atoms with van der Waals surface area (Å²) in [4.78, 5) is 9.47. The second-order valence-electron chi connectivity index (χ2n) is 1.03. The minimum Gasteiger partial charge on any atom is -0.223 e. The van der Waals surface area contributed by atoms with Crippen molar-refractivity contribution < 1.29 is 4.79 Å². The zero-order valence-electron chi connectivity index (χ0n) is 5.12. The van der Waals surface area contributed by atoms with Gasteiger partial charge in [-0.1, -0.05) is 5.73 Å². The van der Waals surface area contributed by atoms with Crippen LogP contribution in [0.5, 0.6) is 0 Å². The van der Waals surface area contributed by atoms with Gasteiger partial charge in [0.2, 0.25) is 0 Å². The molecule has 0 aromatic rings. The first-order chi connectivity index (χ1) is 4.91. The first-order valence-corrected chi connectivity index (χ1v) is 2.31. The Bertz CT molecular complexity index is 340. The first-order valence-electron chi connectivity index (χ1n) is 2.31. The van der Waals surface area contributed by atoms with Gasteiger partial charge in [0.25, 0.3) is 0 Å². The van der Waals surface area contributed by atoms with Gasteiger partial charge in [-0.05, 0) is 23.8 Å². The lowest BCUT2D eigenvalue weighted by atomic mass is 10.7. The molecule has 0 heterocycles. The van der Waals surface area contributed by atoms with E-state index >= 15 is 0 Å². The highest BCUT2D eigenvalue weighted by Crippen LogP contribution is 1.50. The van der Waals surface area contributed by atoms with Gasteiger partial charge >= 0.3 is 0 Å². The molecule has 0 saturated heterocycles. The van der Waals surface area contributed by atoms with Crippen LogP contribution in [0.1, 0.15) is 0 Å². The lowest BCUT2D eigenvalue weighted by Crippen LogP contribution is -1.28. The van der Waals surface area contributed by atoms with Crippen molar-refractivity contribution in [1.82, 2.24) is 0 Å². The number of hydrogen-bond acceptors (Lipinski definition) is 1. The Balaban J connectivity index is 5.30. The third-order valence-electron chi connectivity index (χ3n) is 0.452. The van der Waals surface area contributed by atoms with Crippen LogP contribution in [0.4, 0.5) is 0 Å². The molecule has 0 rings (SSSR count). The Kier molecular flexibility index (Phi) is 5.47. The summed E-state index contributed by atoms with van der Waals surface area (Å²) in [5.74, 6) is 1.37. The molecule has 0 saturated carbocycles. The minimum absolute atomic E-state index is 1.37. The molecule has 0 aliphatic carbocycles. The Morgan fingerprint density at radius 2 is 1.30 bits per heavy atom. The molecule has 0 fully saturated rings. The van der Waals surface area contributed by atoms with Gasteiger partial charge in [-0.25, -0.2) is 4.79 Å². The molecule has 0 aromatic heterocycles. The second kappa shape index (κ2) is 6.91. The summed E-state index contributed by atoms with van der Waals surface area (Å²) in [6.07, 6.45) is 0. The van der Waals surface area contributed by atoms with Crippen LogP contribution in [0.15, 0.2) is 46.7 Å². The van der Waals surface area contributed by atoms with E-state index in [1.54, 1.807) is 0 Å². The zero-order valence-corrected chi connectivity index (χ0v) is 5.12. The number of rotatable bonds is 0. The lowest BCUT2D eigenvalue weighted by molar-refractivity contribution is 0.569. The van der Waals surface area contributed by atoms with E-state index in [4.69, 9.17) is 0 Å². The minimum atomic E-state index is 1.37. The van der Waals surface area contributed by atoms with Crippen LogP contribution >= 0.6 is 0 Å². The van der Waals surface area contributed by atoms with E-state index in [1.807, 2.05) is 5.73 Å². The van der Waals surface area contributed by atoms with Crippen LogP contribution in [-0.2, 0) is 4.79 Å². The van der Waals surface area contributed by atoms with Crippen molar-refractivity contribution in [2.24, 2.45) is 0 Å². The Hall–Kier alpha value is -2.09. The van der Waals surface area contributed by atoms with Crippen LogP contribution in [0.25, 0.3) is 0 Å². The quantitative estimate of drug-likeness (QED) is 0.350. The van der Waals surface area contributed by atoms with E-state index in [1.165, 1.54) is 5.94 Å². The molecule has 0 spiro atoms. The van der Waals surface area contributed by atoms with Crippen LogP contribution in [0.2, 0.25) is 0 Å². The average molecular weight is 126 g/mol. The highest BCUT2D eigenvalue weighted by Gasteiger charge is 1.37. The summed E-state index contributed by atoms with van der Waals surface area (Å²) < 4.78 is 0. The molecule has 0 aromatic carbocycles. The number of hydrogen-bond donors (Lipinski definition) is 0. The van der Waals surface area contributed by atoms with Crippen molar-refractivity contribution in [2.45, 2.75) is 0 Å². The van der Waals surface area contributed by atoms with Crippen LogP contribution < -0.4 is 0 Å². The highest BCUT2D eigenvalue weighted by atomic mass is 16.1. The molecule has 0 amide bonds. The first kappa shape index (κ1) is 7.91. The van der Waals surface area contributed by atoms with E-state index in [-0.39, 0.29) is 0 Å². The van der Waals surface area contributed by atoms with Gasteiger partial charge in [-0.3, -0.25) is 0 Å². The monoisotopic (exact) mass is 126 g/mol. The summed E-state index contributed by atoms with van der Waals surface area (Å²) in [5, 5.41) is 0. The molecule has 0 radical (unpaired) electrons. The van der Waals surface area contributed by atoms with Crippen molar-refractivity contribution in [3.63, 3.8) is 0 Å². The van der Waals surface area contributed by atoms with E-state index in [0.717, 1.165) is 0 Å². The smallest absolute Gasteiger partial charge is 0.186 e. The summed E-state index contributed by atoms with van der Waals surface area (Å²) in [6.45, 7) is 3.23. The van der Waals surface area contributed by atoms with Crippen molar-refractivity contribution in [2.75, 3.05) is 0 Å². The molecular formula is C9H2O. The predicted molar refractivity (Wildman–Crippen MR) is 35.9 cm³/mol. The standard InChI is InChI=1S/C9H2O/c1-2-3-4-5-6-7-8-9-10/h1H2. The molecule has 1 nitrogen and oxygen atoms in total. The maximum absolute atomic E-state index is 9.47. The molecule has 0 N–H and O–H groups in total. The van der Waals surface area contributed by atoms with Gasteiger partial charge in [0.05, 0.1) is 0 Å². The van der Waals surface area contributed by atoms with Gasteiger partial charge in [0, 0.05) is 17.2 Å². The zero-order chi connectivity index (χ0) is 7.66. The fourth-order valence-electron chi connectivity index (χ4n) is 0.195. The van der Waals surface area contributed by atoms with Gasteiger partial charge < -0.3 is 0 Å². The fraction of sp³-hybridized carbons (Fsp3) is 0. The molecule has 0 aliphatic heterocycles. The maximum atomic E-state index is 9.47. The third kappa shape index (κ3) is 5.91. The molecule has 0 bridgehead atoms. The summed E-state index contributed by atoms with van der Waals surface area (Å²) in [7, 11) is 0. The summed E-state index contributed by atoms with van der Waals surface area (Å²) >= 11 is 0. The van der Waals surface area contributed by atoms with E-state index in [9.17, 15) is 4.79 Å². The molecule has 0 aliphatic rings. The van der Waals surface area contributed by atoms with Crippen LogP contribution in [-0.4, -0.2) is 5.94 Å². The van der Waals surface area contributed by atoms with Gasteiger partial charge in [-0.2, -0.15) is 0 Å². The fourth-order valence-corrected chi connectivity index (χ4v) is 0.195. The highest BCUT2D eigenvalue weighted by molar-refractivity contribution is 5.43. The van der Waals surface area contributed by atoms with Gasteiger partial charge in [-0.15, -0.1) is 0 Å². The SMILES string of the molecule is C=C=C=C=C=C=C=C=C=O. The Labute approximate surface area is 58.3 Å². The summed E-state index contributed by atoms with van der Waals surface area (Å²) in [6, 6.07) is 0. The van der Waals surface area contributed by atoms with Crippen molar-refractivity contribution in [3.8, 4) is 0 Å². The molecular weight excluding hydrogens is 124 g/mol. The van der Waals surface area contributed by atoms with Crippen LogP contribution in [0, 0.1) is 0 Å². The Morgan fingerprint density at radius 1 is 0.800 bits per heavy atom. The third-order valence-corrected chi connectivity index (χ3v) is 0.452. The molecule has 44 valence electrons.